The second-order valence-electron chi connectivity index (χ2n) is 10.1. The molecule has 0 unspecified atom stereocenters. The van der Waals surface area contributed by atoms with E-state index in [-0.39, 0.29) is 18.3 Å². The summed E-state index contributed by atoms with van der Waals surface area (Å²) < 4.78 is 5.37. The summed E-state index contributed by atoms with van der Waals surface area (Å²) in [6.45, 7) is 8.07. The summed E-state index contributed by atoms with van der Waals surface area (Å²) in [4.78, 5) is 45.7. The Morgan fingerprint density at radius 3 is 2.58 bits per heavy atom. The number of likely N-dealkylation sites (N-methyl/N-ethyl adjacent to an activating group) is 1. The van der Waals surface area contributed by atoms with Crippen molar-refractivity contribution in [1.29, 1.82) is 0 Å². The van der Waals surface area contributed by atoms with Crippen LogP contribution in [0.1, 0.15) is 21.7 Å². The Morgan fingerprint density at radius 2 is 1.84 bits per heavy atom. The predicted octanol–water partition coefficient (Wildman–Crippen LogP) is 5.16. The smallest absolute Gasteiger partial charge is 0.407 e. The minimum Gasteiger partial charge on any atom is -0.486 e. The highest BCUT2D eigenvalue weighted by atomic mass is 32.1. The van der Waals surface area contributed by atoms with Gasteiger partial charge in [-0.1, -0.05) is 36.4 Å². The van der Waals surface area contributed by atoms with E-state index in [9.17, 15) is 9.59 Å². The van der Waals surface area contributed by atoms with Gasteiger partial charge in [0.2, 0.25) is 5.95 Å². The zero-order valence-electron chi connectivity index (χ0n) is 24.4. The van der Waals surface area contributed by atoms with Gasteiger partial charge in [0.05, 0.1) is 25.1 Å². The number of aliphatic carboxylic acids is 1. The first-order valence-corrected chi connectivity index (χ1v) is 14.8. The van der Waals surface area contributed by atoms with Gasteiger partial charge in [-0.2, -0.15) is 4.98 Å². The van der Waals surface area contributed by atoms with Gasteiger partial charge in [-0.15, -0.1) is 11.3 Å². The molecule has 2 aromatic carbocycles. The number of carboxylic acids is 1. The molecule has 0 saturated heterocycles. The second-order valence-corrected chi connectivity index (χ2v) is 11.2. The Hall–Kier alpha value is -5.74. The monoisotopic (exact) mass is 622 g/mol. The van der Waals surface area contributed by atoms with Crippen LogP contribution in [0.25, 0.3) is 32.5 Å². The van der Waals surface area contributed by atoms with Crippen LogP contribution >= 0.6 is 11.3 Å². The van der Waals surface area contributed by atoms with Crippen molar-refractivity contribution in [3.8, 4) is 10.4 Å². The molecule has 0 atom stereocenters. The molecule has 45 heavy (non-hydrogen) atoms. The van der Waals surface area contributed by atoms with Gasteiger partial charge >= 0.3 is 12.1 Å². The van der Waals surface area contributed by atoms with Crippen LogP contribution in [0.15, 0.2) is 72.7 Å². The number of nitrogens with two attached hydrogens (primary N) is 1. The van der Waals surface area contributed by atoms with Gasteiger partial charge in [-0.25, -0.2) is 19.6 Å². The average Bonchev–Trinajstić information content (AvgIpc) is 3.72. The first kappa shape index (κ1) is 30.7. The third kappa shape index (κ3) is 8.01. The van der Waals surface area contributed by atoms with Crippen molar-refractivity contribution in [1.82, 2.24) is 25.3 Å². The first-order chi connectivity index (χ1) is 21.8. The number of anilines is 2. The van der Waals surface area contributed by atoms with Gasteiger partial charge in [0.1, 0.15) is 12.1 Å². The predicted molar refractivity (Wildman–Crippen MR) is 173 cm³/mol. The van der Waals surface area contributed by atoms with E-state index in [4.69, 9.17) is 22.1 Å². The quantitative estimate of drug-likeness (QED) is 0.109. The summed E-state index contributed by atoms with van der Waals surface area (Å²) in [5.74, 6) is -1.04. The number of aromatic nitrogens is 4. The molecule has 3 heterocycles. The molecular weight excluding hydrogens is 592 g/mol. The number of nitrogen functional groups attached to an aromatic ring is 1. The number of thiophene rings is 1. The third-order valence-electron chi connectivity index (χ3n) is 6.99. The Kier molecular flexibility index (Phi) is 9.66. The molecule has 0 aliphatic carbocycles. The molecule has 0 saturated carbocycles. The number of H-pyrrole nitrogens is 1. The van der Waals surface area contributed by atoms with Gasteiger partial charge in [-0.3, -0.25) is 4.79 Å². The summed E-state index contributed by atoms with van der Waals surface area (Å²) in [7, 11) is 1.92. The molecule has 0 spiro atoms. The second kappa shape index (κ2) is 14.2. The van der Waals surface area contributed by atoms with Crippen LogP contribution in [0.2, 0.25) is 0 Å². The molecule has 5 N–H and O–H groups in total. The number of carbonyl (C=O) groups excluding carboxylic acids is 1. The van der Waals surface area contributed by atoms with Crippen molar-refractivity contribution in [2.24, 2.45) is 0 Å². The highest BCUT2D eigenvalue weighted by Crippen LogP contribution is 2.31. The van der Waals surface area contributed by atoms with Gasteiger partial charge in [0, 0.05) is 29.0 Å². The van der Waals surface area contributed by atoms with Crippen LogP contribution in [-0.2, 0) is 28.9 Å². The molecule has 1 amide bonds. The minimum atomic E-state index is -1.24. The summed E-state index contributed by atoms with van der Waals surface area (Å²) in [5, 5.41) is 11.8. The number of nitrogens with one attached hydrogen (secondary N) is 2. The van der Waals surface area contributed by atoms with Crippen molar-refractivity contribution >= 4 is 52.3 Å². The van der Waals surface area contributed by atoms with E-state index in [2.05, 4.69) is 30.1 Å². The number of fused-ring (bicyclic) bond motifs is 1. The molecule has 3 aromatic heterocycles. The third-order valence-corrected chi connectivity index (χ3v) is 8.07. The largest absolute Gasteiger partial charge is 0.486 e. The summed E-state index contributed by atoms with van der Waals surface area (Å²) in [6.07, 6.45) is 3.92. The zero-order valence-corrected chi connectivity index (χ0v) is 25.2. The van der Waals surface area contributed by atoms with Crippen LogP contribution < -0.4 is 16.0 Å². The van der Waals surface area contributed by atoms with Crippen LogP contribution in [0.5, 0.6) is 0 Å². The number of carboxylic acid groups (broad SMARTS) is 1. The molecule has 228 valence electrons. The van der Waals surface area contributed by atoms with E-state index in [1.54, 1.807) is 12.4 Å². The van der Waals surface area contributed by atoms with Crippen LogP contribution in [0.3, 0.4) is 0 Å². The van der Waals surface area contributed by atoms with E-state index in [0.29, 0.717) is 30.0 Å². The zero-order chi connectivity index (χ0) is 31.8. The lowest BCUT2D eigenvalue weighted by molar-refractivity contribution is -0.132. The molecule has 12 nitrogen and oxygen atoms in total. The fraction of sp³-hybridized carbons (Fsp3) is 0.188. The van der Waals surface area contributed by atoms with Gasteiger partial charge < -0.3 is 30.8 Å². The molecule has 0 bridgehead atoms. The lowest BCUT2D eigenvalue weighted by atomic mass is 10.1. The van der Waals surface area contributed by atoms with Crippen LogP contribution in [0, 0.1) is 6.57 Å². The van der Waals surface area contributed by atoms with E-state index < -0.39 is 12.1 Å². The van der Waals surface area contributed by atoms with Crippen molar-refractivity contribution in [2.75, 3.05) is 30.8 Å². The maximum absolute atomic E-state index is 12.3. The molecule has 0 aliphatic rings. The Labute approximate surface area is 263 Å². The summed E-state index contributed by atoms with van der Waals surface area (Å²) in [6, 6.07) is 19.6. The maximum Gasteiger partial charge on any atom is 0.407 e. The number of carbonyl (C=O) groups is 2. The lowest BCUT2D eigenvalue weighted by Crippen LogP contribution is -2.28. The number of aryl methyl sites for hydroxylation is 2. The van der Waals surface area contributed by atoms with Gasteiger partial charge in [0.15, 0.2) is 5.65 Å². The van der Waals surface area contributed by atoms with Gasteiger partial charge in [-0.05, 0) is 59.9 Å². The Balaban J connectivity index is 1.03. The first-order valence-electron chi connectivity index (χ1n) is 14.0. The van der Waals surface area contributed by atoms with Crippen LogP contribution in [0.4, 0.5) is 16.4 Å². The number of hydrogen-bond acceptors (Lipinski definition) is 9. The van der Waals surface area contributed by atoms with Crippen molar-refractivity contribution in [3.63, 3.8) is 0 Å². The van der Waals surface area contributed by atoms with E-state index in [1.165, 1.54) is 17.4 Å². The molecule has 5 aromatic rings. The topological polar surface area (TPSA) is 164 Å². The molecule has 5 rings (SSSR count). The normalized spacial score (nSPS) is 11.2. The molecular formula is C32H30N8O4S. The van der Waals surface area contributed by atoms with E-state index >= 15 is 0 Å². The summed E-state index contributed by atoms with van der Waals surface area (Å²) >= 11 is 1.41. The average molecular weight is 623 g/mol. The number of aromatic amines is 1. The van der Waals surface area contributed by atoms with E-state index in [0.717, 1.165) is 44.9 Å². The summed E-state index contributed by atoms with van der Waals surface area (Å²) in [5.41, 5.74) is 11.7. The number of alkyl carbamates (subject to hydrolysis) is 1. The molecule has 13 heteroatoms. The number of rotatable bonds is 12. The molecule has 0 radical (unpaired) electrons. The van der Waals surface area contributed by atoms with Gasteiger partial charge in [0.25, 0.3) is 5.70 Å². The lowest BCUT2D eigenvalue weighted by Gasteiger charge is -2.19. The highest BCUT2D eigenvalue weighted by Gasteiger charge is 2.11. The van der Waals surface area contributed by atoms with Crippen LogP contribution in [-0.4, -0.2) is 57.3 Å². The highest BCUT2D eigenvalue weighted by molar-refractivity contribution is 7.16. The Morgan fingerprint density at radius 1 is 1.09 bits per heavy atom. The number of nitrogens with zero attached hydrogens (tertiary/aromatic N) is 5. The number of imidazole rings is 1. The fourth-order valence-electron chi connectivity index (χ4n) is 4.55. The number of benzene rings is 2. The molecule has 0 fully saturated rings. The number of ether oxygens (including phenoxy) is 1. The Bertz CT molecular complexity index is 1870. The van der Waals surface area contributed by atoms with Crippen molar-refractivity contribution in [2.45, 2.75) is 19.4 Å². The maximum atomic E-state index is 12.3. The van der Waals surface area contributed by atoms with Crippen molar-refractivity contribution < 1.29 is 19.4 Å². The number of hydrogen-bond donors (Lipinski definition) is 4. The molecule has 0 aliphatic heterocycles. The fourth-order valence-corrected chi connectivity index (χ4v) is 5.50. The SMILES string of the molecule is [C-]#[N+]/C(=C\c1ccc(-c2ccc(N(C)CCOC(=O)NCc3ccc(CCc4nc(N)nc5nc[nH]c45)cc3)cc2)s1)C(=O)O. The standard InChI is InChI=1S/C32H30N8O4S/c1-34-26(30(41)42)17-24-12-14-27(45-24)22-8-10-23(11-9-22)40(2)15-16-44-32(43)35-18-21-5-3-20(4-6-21)7-13-25-28-29(37-19-36-28)39-31(33)38-25/h3-6,8-12,14,17,19H,7,13,15-16,18H2,2H3,(H,35,43)(H,41,42)(H3,33,36,37,38,39)/b26-17-. The van der Waals surface area contributed by atoms with Crippen molar-refractivity contribution in [3.05, 3.63) is 106 Å². The number of amides is 1. The van der Waals surface area contributed by atoms with E-state index in [1.807, 2.05) is 66.5 Å². The minimum absolute atomic E-state index is 0.205.